The SMILES string of the molecule is COc1cc(OC)cc(C(=O)Nc2ccc3oc(C(F)(F)F)cc(=O)c3c2)c1. The molecule has 0 saturated heterocycles. The van der Waals surface area contributed by atoms with Gasteiger partial charge in [-0.25, -0.2) is 0 Å². The zero-order valence-corrected chi connectivity index (χ0v) is 14.7. The van der Waals surface area contributed by atoms with Gasteiger partial charge in [-0.1, -0.05) is 0 Å². The highest BCUT2D eigenvalue weighted by molar-refractivity contribution is 6.05. The van der Waals surface area contributed by atoms with E-state index in [1.165, 1.54) is 44.6 Å². The first-order valence-electron chi connectivity index (χ1n) is 7.91. The fraction of sp³-hybridized carbons (Fsp3) is 0.158. The molecule has 1 amide bonds. The molecule has 146 valence electrons. The van der Waals surface area contributed by atoms with Crippen molar-refractivity contribution in [1.82, 2.24) is 0 Å². The average molecular weight is 393 g/mol. The van der Waals surface area contributed by atoms with Crippen molar-refractivity contribution in [3.63, 3.8) is 0 Å². The van der Waals surface area contributed by atoms with Gasteiger partial charge in [0.1, 0.15) is 17.1 Å². The number of methoxy groups -OCH3 is 2. The molecular formula is C19H14F3NO5. The minimum atomic E-state index is -4.77. The van der Waals surface area contributed by atoms with Crippen molar-refractivity contribution in [3.8, 4) is 11.5 Å². The Morgan fingerprint density at radius 1 is 1.00 bits per heavy atom. The van der Waals surface area contributed by atoms with Gasteiger partial charge in [0.2, 0.25) is 5.76 Å². The van der Waals surface area contributed by atoms with Gasteiger partial charge < -0.3 is 19.2 Å². The lowest BCUT2D eigenvalue weighted by atomic mass is 10.1. The van der Waals surface area contributed by atoms with Crippen molar-refractivity contribution in [1.29, 1.82) is 0 Å². The molecule has 0 atom stereocenters. The summed E-state index contributed by atoms with van der Waals surface area (Å²) in [5.41, 5.74) is -0.657. The maximum absolute atomic E-state index is 12.7. The van der Waals surface area contributed by atoms with Gasteiger partial charge in [0, 0.05) is 23.4 Å². The summed E-state index contributed by atoms with van der Waals surface area (Å²) in [7, 11) is 2.88. The number of ether oxygens (including phenoxy) is 2. The number of anilines is 1. The molecular weight excluding hydrogens is 379 g/mol. The summed E-state index contributed by atoms with van der Waals surface area (Å²) in [6, 6.07) is 8.72. The number of carbonyl (C=O) groups is 1. The number of carbonyl (C=O) groups excluding carboxylic acids is 1. The molecule has 0 saturated carbocycles. The monoisotopic (exact) mass is 393 g/mol. The molecule has 6 nitrogen and oxygen atoms in total. The number of alkyl halides is 3. The van der Waals surface area contributed by atoms with Crippen LogP contribution in [0.5, 0.6) is 11.5 Å². The summed E-state index contributed by atoms with van der Waals surface area (Å²) >= 11 is 0. The highest BCUT2D eigenvalue weighted by Crippen LogP contribution is 2.30. The van der Waals surface area contributed by atoms with Crippen LogP contribution in [0.1, 0.15) is 16.1 Å². The van der Waals surface area contributed by atoms with E-state index in [4.69, 9.17) is 13.9 Å². The van der Waals surface area contributed by atoms with E-state index in [-0.39, 0.29) is 22.2 Å². The molecule has 9 heteroatoms. The van der Waals surface area contributed by atoms with Crippen molar-refractivity contribution in [2.45, 2.75) is 6.18 Å². The molecule has 0 aliphatic rings. The third kappa shape index (κ3) is 3.93. The van der Waals surface area contributed by atoms with E-state index in [9.17, 15) is 22.8 Å². The molecule has 0 radical (unpaired) electrons. The van der Waals surface area contributed by atoms with E-state index in [1.807, 2.05) is 0 Å². The molecule has 1 N–H and O–H groups in total. The van der Waals surface area contributed by atoms with Crippen molar-refractivity contribution in [3.05, 3.63) is 64.0 Å². The molecule has 1 aromatic heterocycles. The summed E-state index contributed by atoms with van der Waals surface area (Å²) < 4.78 is 53.2. The Bertz CT molecular complexity index is 1080. The van der Waals surface area contributed by atoms with Crippen molar-refractivity contribution in [2.24, 2.45) is 0 Å². The largest absolute Gasteiger partial charge is 0.497 e. The van der Waals surface area contributed by atoms with Crippen molar-refractivity contribution in [2.75, 3.05) is 19.5 Å². The van der Waals surface area contributed by atoms with Crippen LogP contribution in [0, 0.1) is 0 Å². The Hall–Kier alpha value is -3.49. The van der Waals surface area contributed by atoms with Gasteiger partial charge in [-0.3, -0.25) is 9.59 Å². The predicted molar refractivity (Wildman–Crippen MR) is 95.0 cm³/mol. The lowest BCUT2D eigenvalue weighted by Gasteiger charge is -2.10. The molecule has 1 heterocycles. The molecule has 0 aliphatic carbocycles. The highest BCUT2D eigenvalue weighted by Gasteiger charge is 2.34. The van der Waals surface area contributed by atoms with Crippen LogP contribution in [-0.2, 0) is 6.18 Å². The van der Waals surface area contributed by atoms with Crippen LogP contribution in [0.2, 0.25) is 0 Å². The van der Waals surface area contributed by atoms with E-state index < -0.39 is 23.3 Å². The van der Waals surface area contributed by atoms with Crippen molar-refractivity contribution < 1.29 is 31.9 Å². The minimum Gasteiger partial charge on any atom is -0.497 e. The van der Waals surface area contributed by atoms with Crippen LogP contribution in [0.15, 0.2) is 51.7 Å². The number of hydrogen-bond donors (Lipinski definition) is 1. The fourth-order valence-corrected chi connectivity index (χ4v) is 2.52. The second-order valence-electron chi connectivity index (χ2n) is 5.74. The van der Waals surface area contributed by atoms with Gasteiger partial charge in [0.05, 0.1) is 19.6 Å². The van der Waals surface area contributed by atoms with Crippen LogP contribution in [-0.4, -0.2) is 20.1 Å². The molecule has 0 fully saturated rings. The Balaban J connectivity index is 1.94. The van der Waals surface area contributed by atoms with Gasteiger partial charge in [-0.2, -0.15) is 13.2 Å². The lowest BCUT2D eigenvalue weighted by molar-refractivity contribution is -0.152. The quantitative estimate of drug-likeness (QED) is 0.723. The van der Waals surface area contributed by atoms with E-state index in [0.717, 1.165) is 0 Å². The van der Waals surface area contributed by atoms with E-state index >= 15 is 0 Å². The second-order valence-corrected chi connectivity index (χ2v) is 5.74. The third-order valence-electron chi connectivity index (χ3n) is 3.88. The summed E-state index contributed by atoms with van der Waals surface area (Å²) in [6.07, 6.45) is -4.77. The Labute approximate surface area is 156 Å². The lowest BCUT2D eigenvalue weighted by Crippen LogP contribution is -2.13. The standard InChI is InChI=1S/C19H14F3NO5/c1-26-12-5-10(6-13(8-12)27-2)18(25)23-11-3-4-16-14(7-11)15(24)9-17(28-16)19(20,21)22/h3-9H,1-2H3,(H,23,25). The number of nitrogens with one attached hydrogen (secondary N) is 1. The first-order valence-corrected chi connectivity index (χ1v) is 7.91. The number of rotatable bonds is 4. The molecule has 0 spiro atoms. The van der Waals surface area contributed by atoms with Crippen molar-refractivity contribution >= 4 is 22.6 Å². The van der Waals surface area contributed by atoms with Gasteiger partial charge in [0.15, 0.2) is 5.43 Å². The summed E-state index contributed by atoms with van der Waals surface area (Å²) in [5.74, 6) is -1.09. The van der Waals surface area contributed by atoms with Gasteiger partial charge in [-0.05, 0) is 30.3 Å². The van der Waals surface area contributed by atoms with Crippen LogP contribution >= 0.6 is 0 Å². The Morgan fingerprint density at radius 2 is 1.64 bits per heavy atom. The molecule has 28 heavy (non-hydrogen) atoms. The van der Waals surface area contributed by atoms with E-state index in [0.29, 0.717) is 17.6 Å². The fourth-order valence-electron chi connectivity index (χ4n) is 2.52. The maximum atomic E-state index is 12.7. The van der Waals surface area contributed by atoms with Crippen LogP contribution in [0.3, 0.4) is 0 Å². The molecule has 0 bridgehead atoms. The highest BCUT2D eigenvalue weighted by atomic mass is 19.4. The number of halogens is 3. The zero-order chi connectivity index (χ0) is 20.5. The number of fused-ring (bicyclic) bond motifs is 1. The second kappa shape index (κ2) is 7.26. The van der Waals surface area contributed by atoms with Gasteiger partial charge in [0.25, 0.3) is 5.91 Å². The molecule has 0 unspecified atom stereocenters. The molecule has 2 aromatic carbocycles. The number of hydrogen-bond acceptors (Lipinski definition) is 5. The molecule has 3 rings (SSSR count). The number of benzene rings is 2. The molecule has 0 aliphatic heterocycles. The first kappa shape index (κ1) is 19.3. The molecule has 3 aromatic rings. The Kier molecular flexibility index (Phi) is 5.00. The van der Waals surface area contributed by atoms with E-state index in [2.05, 4.69) is 5.32 Å². The smallest absolute Gasteiger partial charge is 0.449 e. The van der Waals surface area contributed by atoms with Gasteiger partial charge in [-0.15, -0.1) is 0 Å². The van der Waals surface area contributed by atoms with Crippen LogP contribution < -0.4 is 20.2 Å². The summed E-state index contributed by atoms with van der Waals surface area (Å²) in [4.78, 5) is 24.5. The predicted octanol–water partition coefficient (Wildman–Crippen LogP) is 4.08. The zero-order valence-electron chi connectivity index (χ0n) is 14.7. The Morgan fingerprint density at radius 3 is 2.21 bits per heavy atom. The first-order chi connectivity index (χ1) is 13.2. The van der Waals surface area contributed by atoms with E-state index in [1.54, 1.807) is 6.07 Å². The summed E-state index contributed by atoms with van der Waals surface area (Å²) in [5, 5.41) is 2.48. The normalized spacial score (nSPS) is 11.3. The topological polar surface area (TPSA) is 77.8 Å². The van der Waals surface area contributed by atoms with Gasteiger partial charge >= 0.3 is 6.18 Å². The number of amides is 1. The minimum absolute atomic E-state index is 0.0889. The third-order valence-corrected chi connectivity index (χ3v) is 3.88. The van der Waals surface area contributed by atoms with Crippen LogP contribution in [0.25, 0.3) is 11.0 Å². The average Bonchev–Trinajstić information content (AvgIpc) is 2.67. The summed E-state index contributed by atoms with van der Waals surface area (Å²) in [6.45, 7) is 0. The maximum Gasteiger partial charge on any atom is 0.449 e. The van der Waals surface area contributed by atoms with Crippen LogP contribution in [0.4, 0.5) is 18.9 Å².